The Balaban J connectivity index is 1.81. The Bertz CT molecular complexity index is 626. The topological polar surface area (TPSA) is 23.5 Å². The van der Waals surface area contributed by atoms with Crippen LogP contribution in [0.4, 0.5) is 0 Å². The summed E-state index contributed by atoms with van der Waals surface area (Å²) in [6.45, 7) is 0.700. The van der Waals surface area contributed by atoms with E-state index in [1.807, 2.05) is 12.1 Å². The zero-order chi connectivity index (χ0) is 14.1. The van der Waals surface area contributed by atoms with Crippen LogP contribution in [0, 0.1) is 0 Å². The molecule has 20 heavy (non-hydrogen) atoms. The van der Waals surface area contributed by atoms with E-state index < -0.39 is 0 Å². The molecule has 2 aromatic rings. The molecule has 0 saturated heterocycles. The summed E-state index contributed by atoms with van der Waals surface area (Å²) in [5.74, 6) is 0.201. The van der Waals surface area contributed by atoms with Crippen LogP contribution in [0.3, 0.4) is 0 Å². The zero-order valence-electron chi connectivity index (χ0n) is 11.5. The molecule has 0 bridgehead atoms. The summed E-state index contributed by atoms with van der Waals surface area (Å²) in [5, 5.41) is 10.4. The molecule has 0 aromatic heterocycles. The lowest BCUT2D eigenvalue weighted by molar-refractivity contribution is 0.233. The predicted molar refractivity (Wildman–Crippen MR) is 82.1 cm³/mol. The molecule has 3 heteroatoms. The third-order valence-electron chi connectivity index (χ3n) is 4.12. The van der Waals surface area contributed by atoms with E-state index in [1.54, 1.807) is 6.07 Å². The van der Waals surface area contributed by atoms with Gasteiger partial charge < -0.3 is 5.11 Å². The van der Waals surface area contributed by atoms with Crippen molar-refractivity contribution < 1.29 is 5.11 Å². The maximum atomic E-state index is 10.0. The van der Waals surface area contributed by atoms with Crippen LogP contribution in [0.25, 0.3) is 0 Å². The van der Waals surface area contributed by atoms with Crippen LogP contribution in [0.5, 0.6) is 5.75 Å². The summed E-state index contributed by atoms with van der Waals surface area (Å²) in [7, 11) is 2.10. The molecule has 0 aliphatic heterocycles. The quantitative estimate of drug-likeness (QED) is 0.916. The van der Waals surface area contributed by atoms with Crippen LogP contribution in [0.2, 0.25) is 5.02 Å². The average Bonchev–Trinajstić information content (AvgIpc) is 2.88. The summed E-state index contributed by atoms with van der Waals surface area (Å²) in [5.41, 5.74) is 3.74. The molecule has 2 nitrogen and oxygen atoms in total. The summed E-state index contributed by atoms with van der Waals surface area (Å²) < 4.78 is 0. The lowest BCUT2D eigenvalue weighted by Gasteiger charge is -2.25. The van der Waals surface area contributed by atoms with Gasteiger partial charge in [0.25, 0.3) is 0 Å². The lowest BCUT2D eigenvalue weighted by Crippen LogP contribution is -2.22. The molecule has 0 saturated carbocycles. The number of halogens is 1. The first-order valence-electron chi connectivity index (χ1n) is 6.91. The molecule has 1 atom stereocenters. The Morgan fingerprint density at radius 3 is 2.85 bits per heavy atom. The molecule has 2 aromatic carbocycles. The minimum atomic E-state index is 0.201. The smallest absolute Gasteiger partial charge is 0.138 e. The maximum Gasteiger partial charge on any atom is 0.138 e. The number of phenols is 1. The van der Waals surface area contributed by atoms with Crippen molar-refractivity contribution in [3.8, 4) is 5.75 Å². The highest BCUT2D eigenvalue weighted by Gasteiger charge is 2.25. The minimum absolute atomic E-state index is 0.201. The van der Waals surface area contributed by atoms with Gasteiger partial charge in [-0.15, -0.1) is 0 Å². The van der Waals surface area contributed by atoms with E-state index in [0.717, 1.165) is 18.4 Å². The average molecular weight is 288 g/mol. The van der Waals surface area contributed by atoms with E-state index in [0.29, 0.717) is 17.6 Å². The van der Waals surface area contributed by atoms with Crippen molar-refractivity contribution in [1.82, 2.24) is 4.90 Å². The first-order valence-corrected chi connectivity index (χ1v) is 7.29. The van der Waals surface area contributed by atoms with Crippen molar-refractivity contribution in [3.63, 3.8) is 0 Å². The van der Waals surface area contributed by atoms with Crippen molar-refractivity contribution >= 4 is 11.6 Å². The third kappa shape index (κ3) is 2.41. The highest BCUT2D eigenvalue weighted by atomic mass is 35.5. The van der Waals surface area contributed by atoms with E-state index in [-0.39, 0.29) is 5.75 Å². The molecule has 0 radical (unpaired) electrons. The summed E-state index contributed by atoms with van der Waals surface area (Å²) in [6, 6.07) is 14.6. The van der Waals surface area contributed by atoms with Gasteiger partial charge in [-0.2, -0.15) is 0 Å². The number of aryl methyl sites for hydroxylation is 1. The molecule has 104 valence electrons. The van der Waals surface area contributed by atoms with Crippen LogP contribution in [0.1, 0.15) is 29.2 Å². The molecule has 0 heterocycles. The van der Waals surface area contributed by atoms with Crippen molar-refractivity contribution in [3.05, 3.63) is 64.2 Å². The fraction of sp³-hybridized carbons (Fsp3) is 0.294. The molecule has 1 aliphatic carbocycles. The minimum Gasteiger partial charge on any atom is -0.506 e. The van der Waals surface area contributed by atoms with Gasteiger partial charge in [-0.05, 0) is 37.1 Å². The number of fused-ring (bicyclic) bond motifs is 1. The van der Waals surface area contributed by atoms with E-state index in [1.165, 1.54) is 11.1 Å². The maximum absolute atomic E-state index is 10.0. The van der Waals surface area contributed by atoms with Gasteiger partial charge in [0.05, 0.1) is 5.02 Å². The number of hydrogen-bond donors (Lipinski definition) is 1. The second-order valence-electron chi connectivity index (χ2n) is 5.42. The molecule has 3 rings (SSSR count). The highest BCUT2D eigenvalue weighted by molar-refractivity contribution is 6.32. The molecule has 0 spiro atoms. The van der Waals surface area contributed by atoms with Crippen molar-refractivity contribution in [2.24, 2.45) is 0 Å². The van der Waals surface area contributed by atoms with Gasteiger partial charge in [-0.3, -0.25) is 4.90 Å². The van der Waals surface area contributed by atoms with Crippen LogP contribution >= 0.6 is 11.6 Å². The van der Waals surface area contributed by atoms with E-state index in [4.69, 9.17) is 11.6 Å². The molecule has 1 aliphatic rings. The van der Waals surface area contributed by atoms with Gasteiger partial charge in [-0.1, -0.05) is 48.0 Å². The Hall–Kier alpha value is -1.51. The first kappa shape index (κ1) is 13.5. The number of para-hydroxylation sites is 1. The van der Waals surface area contributed by atoms with Gasteiger partial charge in [0.1, 0.15) is 5.75 Å². The van der Waals surface area contributed by atoms with Crippen LogP contribution in [-0.4, -0.2) is 17.1 Å². The third-order valence-corrected chi connectivity index (χ3v) is 4.43. The largest absolute Gasteiger partial charge is 0.506 e. The standard InChI is InChI=1S/C17H18ClNO/c1-19(11-13-6-4-8-15(18)17(13)20)16-10-9-12-5-2-3-7-14(12)16/h2-8,16,20H,9-11H2,1H3. The van der Waals surface area contributed by atoms with Crippen molar-refractivity contribution in [1.29, 1.82) is 0 Å². The van der Waals surface area contributed by atoms with E-state index in [9.17, 15) is 5.11 Å². The molecular weight excluding hydrogens is 270 g/mol. The summed E-state index contributed by atoms with van der Waals surface area (Å²) in [4.78, 5) is 2.29. The second kappa shape index (κ2) is 5.47. The van der Waals surface area contributed by atoms with Gasteiger partial charge in [0.15, 0.2) is 0 Å². The van der Waals surface area contributed by atoms with Crippen molar-refractivity contribution in [2.75, 3.05) is 7.05 Å². The van der Waals surface area contributed by atoms with Crippen LogP contribution in [0.15, 0.2) is 42.5 Å². The van der Waals surface area contributed by atoms with Crippen LogP contribution in [-0.2, 0) is 13.0 Å². The SMILES string of the molecule is CN(Cc1cccc(Cl)c1O)C1CCc2ccccc21. The second-order valence-corrected chi connectivity index (χ2v) is 5.82. The Kier molecular flexibility index (Phi) is 3.68. The Morgan fingerprint density at radius 2 is 2.00 bits per heavy atom. The monoisotopic (exact) mass is 287 g/mol. The Labute approximate surface area is 124 Å². The van der Waals surface area contributed by atoms with Gasteiger partial charge >= 0.3 is 0 Å². The summed E-state index contributed by atoms with van der Waals surface area (Å²) in [6.07, 6.45) is 2.27. The number of nitrogens with zero attached hydrogens (tertiary/aromatic N) is 1. The molecular formula is C17H18ClNO. The Morgan fingerprint density at radius 1 is 1.20 bits per heavy atom. The van der Waals surface area contributed by atoms with Crippen molar-refractivity contribution in [2.45, 2.75) is 25.4 Å². The fourth-order valence-corrected chi connectivity index (χ4v) is 3.25. The summed E-state index contributed by atoms with van der Waals surface area (Å²) >= 11 is 5.97. The van der Waals surface area contributed by atoms with Gasteiger partial charge in [0, 0.05) is 18.2 Å². The number of phenolic OH excluding ortho intramolecular Hbond substituents is 1. The van der Waals surface area contributed by atoms with Crippen LogP contribution < -0.4 is 0 Å². The first-order chi connectivity index (χ1) is 9.66. The molecule has 0 fully saturated rings. The zero-order valence-corrected chi connectivity index (χ0v) is 12.3. The predicted octanol–water partition coefficient (Wildman–Crippen LogP) is 4.16. The van der Waals surface area contributed by atoms with E-state index in [2.05, 4.69) is 36.2 Å². The van der Waals surface area contributed by atoms with Gasteiger partial charge in [-0.25, -0.2) is 0 Å². The van der Waals surface area contributed by atoms with Gasteiger partial charge in [0.2, 0.25) is 0 Å². The fourth-order valence-electron chi connectivity index (χ4n) is 3.06. The van der Waals surface area contributed by atoms with E-state index >= 15 is 0 Å². The number of aromatic hydroxyl groups is 1. The highest BCUT2D eigenvalue weighted by Crippen LogP contribution is 2.36. The number of benzene rings is 2. The number of rotatable bonds is 3. The number of hydrogen-bond acceptors (Lipinski definition) is 2. The molecule has 0 amide bonds. The lowest BCUT2D eigenvalue weighted by atomic mass is 10.1. The molecule has 1 N–H and O–H groups in total. The normalized spacial score (nSPS) is 17.4. The molecule has 1 unspecified atom stereocenters.